The number of benzene rings is 3. The summed E-state index contributed by atoms with van der Waals surface area (Å²) in [6, 6.07) is 15.8. The van der Waals surface area contributed by atoms with Gasteiger partial charge in [0.2, 0.25) is 11.8 Å². The first kappa shape index (κ1) is 31.7. The molecule has 0 bridgehead atoms. The molecule has 2 heterocycles. The number of tetrazole rings is 1. The van der Waals surface area contributed by atoms with E-state index in [4.69, 9.17) is 16.7 Å². The van der Waals surface area contributed by atoms with Crippen LogP contribution in [0, 0.1) is 0 Å². The van der Waals surface area contributed by atoms with Gasteiger partial charge in [0.15, 0.2) is 0 Å². The summed E-state index contributed by atoms with van der Waals surface area (Å²) in [6.45, 7) is 1.56. The third-order valence-corrected chi connectivity index (χ3v) is 7.36. The van der Waals surface area contributed by atoms with Crippen molar-refractivity contribution < 1.29 is 29.1 Å². The van der Waals surface area contributed by atoms with Crippen molar-refractivity contribution in [2.45, 2.75) is 12.5 Å². The molecule has 1 aromatic heterocycles. The van der Waals surface area contributed by atoms with E-state index in [1.165, 1.54) is 41.3 Å². The molecule has 0 unspecified atom stereocenters. The highest BCUT2D eigenvalue weighted by atomic mass is 35.5. The number of anilines is 3. The first-order valence-electron chi connectivity index (χ1n) is 13.9. The van der Waals surface area contributed by atoms with Gasteiger partial charge in [-0.2, -0.15) is 4.68 Å². The van der Waals surface area contributed by atoms with Crippen molar-refractivity contribution >= 4 is 58.3 Å². The van der Waals surface area contributed by atoms with E-state index in [9.17, 15) is 24.0 Å². The van der Waals surface area contributed by atoms with Gasteiger partial charge in [0, 0.05) is 35.9 Å². The van der Waals surface area contributed by atoms with Crippen molar-refractivity contribution in [1.29, 1.82) is 0 Å². The Morgan fingerprint density at radius 1 is 0.957 bits per heavy atom. The number of rotatable bonds is 9. The topological polar surface area (TPSA) is 192 Å². The molecule has 1 atom stereocenters. The molecule has 0 saturated carbocycles. The van der Waals surface area contributed by atoms with Gasteiger partial charge in [0.25, 0.3) is 0 Å². The second kappa shape index (κ2) is 14.0. The molecule has 1 aliphatic rings. The summed E-state index contributed by atoms with van der Waals surface area (Å²) in [7, 11) is 1.88. The minimum atomic E-state index is -1.23. The Kier molecular flexibility index (Phi) is 9.64. The molecule has 0 aliphatic carbocycles. The van der Waals surface area contributed by atoms with Crippen LogP contribution in [0.3, 0.4) is 0 Å². The number of piperazine rings is 1. The predicted molar refractivity (Wildman–Crippen MR) is 167 cm³/mol. The first-order valence-corrected chi connectivity index (χ1v) is 14.3. The minimum absolute atomic E-state index is 0.0118. The summed E-state index contributed by atoms with van der Waals surface area (Å²) < 4.78 is 1.27. The Bertz CT molecular complexity index is 1760. The maximum atomic E-state index is 13.4. The van der Waals surface area contributed by atoms with Crippen molar-refractivity contribution in [2.24, 2.45) is 0 Å². The van der Waals surface area contributed by atoms with Crippen LogP contribution < -0.4 is 20.9 Å². The number of carboxylic acids is 1. The minimum Gasteiger partial charge on any atom is -0.478 e. The lowest BCUT2D eigenvalue weighted by Crippen LogP contribution is -2.49. The third kappa shape index (κ3) is 7.69. The number of nitrogens with one attached hydrogen (secondary N) is 3. The summed E-state index contributed by atoms with van der Waals surface area (Å²) in [6.07, 6.45) is 1.29. The van der Waals surface area contributed by atoms with E-state index in [1.54, 1.807) is 41.3 Å². The number of carbonyl (C=O) groups is 5. The molecule has 0 radical (unpaired) electrons. The monoisotopic (exact) mass is 645 g/mol. The molecule has 1 aliphatic heterocycles. The summed E-state index contributed by atoms with van der Waals surface area (Å²) in [5.41, 5.74) is 2.14. The normalized spacial score (nSPS) is 14.0. The molecular weight excluding hydrogens is 618 g/mol. The molecule has 1 saturated heterocycles. The lowest BCUT2D eigenvalue weighted by molar-refractivity contribution is -0.137. The van der Waals surface area contributed by atoms with E-state index in [-0.39, 0.29) is 34.3 Å². The van der Waals surface area contributed by atoms with Crippen LogP contribution in [0.4, 0.5) is 17.1 Å². The number of aromatic carboxylic acids is 1. The third-order valence-electron chi connectivity index (χ3n) is 7.13. The van der Waals surface area contributed by atoms with Crippen LogP contribution in [-0.2, 0) is 25.6 Å². The van der Waals surface area contributed by atoms with Crippen molar-refractivity contribution in [2.75, 3.05) is 42.2 Å². The Morgan fingerprint density at radius 2 is 1.70 bits per heavy atom. The molecule has 16 heteroatoms. The zero-order valence-electron chi connectivity index (χ0n) is 24.4. The second-order valence-electron chi connectivity index (χ2n) is 10.4. The Morgan fingerprint density at radius 3 is 2.35 bits per heavy atom. The maximum Gasteiger partial charge on any atom is 0.335 e. The number of nitrogens with zero attached hydrogens (tertiary/aromatic N) is 6. The SMILES string of the molecule is CN1CCN(c2ccc(C[C@H](NC(=O)C(=O)Nc3cc(Cl)ccc3-n3cnnn3)C(=O)Nc3ccc(C(=O)O)cc3)cc2)C(=O)C1. The molecular formula is C30H28ClN9O6. The van der Waals surface area contributed by atoms with Gasteiger partial charge in [-0.3, -0.25) is 24.1 Å². The summed E-state index contributed by atoms with van der Waals surface area (Å²) in [5.74, 6) is -4.00. The smallest absolute Gasteiger partial charge is 0.335 e. The lowest BCUT2D eigenvalue weighted by Gasteiger charge is -2.32. The molecule has 15 nitrogen and oxygen atoms in total. The molecule has 236 valence electrons. The fourth-order valence-corrected chi connectivity index (χ4v) is 4.90. The highest BCUT2D eigenvalue weighted by Crippen LogP contribution is 2.24. The van der Waals surface area contributed by atoms with Gasteiger partial charge in [0.1, 0.15) is 12.4 Å². The summed E-state index contributed by atoms with van der Waals surface area (Å²) >= 11 is 6.11. The molecule has 1 fully saturated rings. The maximum absolute atomic E-state index is 13.4. The lowest BCUT2D eigenvalue weighted by atomic mass is 10.0. The molecule has 4 aromatic rings. The van der Waals surface area contributed by atoms with Crippen molar-refractivity contribution in [3.63, 3.8) is 0 Å². The zero-order valence-corrected chi connectivity index (χ0v) is 25.1. The van der Waals surface area contributed by atoms with E-state index in [1.807, 2.05) is 11.9 Å². The Hall–Kier alpha value is -5.67. The van der Waals surface area contributed by atoms with Crippen LogP contribution in [0.25, 0.3) is 5.69 Å². The Balaban J connectivity index is 1.33. The van der Waals surface area contributed by atoms with E-state index < -0.39 is 29.7 Å². The van der Waals surface area contributed by atoms with Crippen LogP contribution in [0.1, 0.15) is 15.9 Å². The largest absolute Gasteiger partial charge is 0.478 e. The highest BCUT2D eigenvalue weighted by molar-refractivity contribution is 6.40. The molecule has 4 amide bonds. The van der Waals surface area contributed by atoms with Gasteiger partial charge < -0.3 is 26.0 Å². The van der Waals surface area contributed by atoms with Gasteiger partial charge in [-0.15, -0.1) is 5.10 Å². The van der Waals surface area contributed by atoms with Gasteiger partial charge in [-0.1, -0.05) is 23.7 Å². The quantitative estimate of drug-likeness (QED) is 0.194. The van der Waals surface area contributed by atoms with E-state index in [2.05, 4.69) is 31.5 Å². The zero-order chi connectivity index (χ0) is 32.8. The number of aromatic nitrogens is 4. The number of carboxylic acid groups (broad SMARTS) is 1. The van der Waals surface area contributed by atoms with Gasteiger partial charge in [-0.05, 0) is 77.6 Å². The van der Waals surface area contributed by atoms with Crippen molar-refractivity contribution in [3.8, 4) is 5.69 Å². The number of likely N-dealkylation sites (N-methyl/N-ethyl adjacent to an activating group) is 1. The van der Waals surface area contributed by atoms with Crippen LogP contribution in [0.2, 0.25) is 5.02 Å². The number of hydrogen-bond donors (Lipinski definition) is 4. The molecule has 46 heavy (non-hydrogen) atoms. The summed E-state index contributed by atoms with van der Waals surface area (Å²) in [5, 5.41) is 28.0. The second-order valence-corrected chi connectivity index (χ2v) is 10.9. The number of hydrogen-bond acceptors (Lipinski definition) is 9. The van der Waals surface area contributed by atoms with Crippen LogP contribution in [0.15, 0.2) is 73.1 Å². The van der Waals surface area contributed by atoms with Crippen molar-refractivity contribution in [3.05, 3.63) is 89.2 Å². The molecule has 3 aromatic carbocycles. The van der Waals surface area contributed by atoms with Crippen LogP contribution in [0.5, 0.6) is 0 Å². The van der Waals surface area contributed by atoms with E-state index in [0.29, 0.717) is 30.0 Å². The first-order chi connectivity index (χ1) is 22.1. The Labute approximate surface area is 267 Å². The number of amides is 4. The van der Waals surface area contributed by atoms with E-state index >= 15 is 0 Å². The predicted octanol–water partition coefficient (Wildman–Crippen LogP) is 1.60. The fourth-order valence-electron chi connectivity index (χ4n) is 4.73. The van der Waals surface area contributed by atoms with E-state index in [0.717, 1.165) is 6.54 Å². The number of carbonyl (C=O) groups excluding carboxylic acids is 4. The summed E-state index contributed by atoms with van der Waals surface area (Å²) in [4.78, 5) is 66.9. The van der Waals surface area contributed by atoms with Crippen molar-refractivity contribution in [1.82, 2.24) is 30.4 Å². The highest BCUT2D eigenvalue weighted by Gasteiger charge is 2.27. The van der Waals surface area contributed by atoms with Gasteiger partial charge in [-0.25, -0.2) is 4.79 Å². The van der Waals surface area contributed by atoms with Gasteiger partial charge >= 0.3 is 17.8 Å². The van der Waals surface area contributed by atoms with Crippen LogP contribution >= 0.6 is 11.6 Å². The standard InChI is InChI=1S/C30H28ClN9O6/c1-38-12-13-39(26(41)16-38)22-9-2-18(3-10-22)14-24(27(42)33-21-7-4-19(5-8-21)30(45)46)35-29(44)28(43)34-23-15-20(31)6-11-25(23)40-17-32-36-37-40/h2-11,15,17,24H,12-14,16H2,1H3,(H,33,42)(H,34,43)(H,35,44)(H,45,46)/t24-/m0/s1. The average molecular weight is 646 g/mol. The number of halogens is 1. The average Bonchev–Trinajstić information content (AvgIpc) is 3.56. The van der Waals surface area contributed by atoms with Gasteiger partial charge in [0.05, 0.1) is 23.5 Å². The molecule has 4 N–H and O–H groups in total. The van der Waals surface area contributed by atoms with Crippen LogP contribution in [-0.4, -0.2) is 92.5 Å². The fraction of sp³-hybridized carbons (Fsp3) is 0.200. The molecule has 5 rings (SSSR count). The molecule has 0 spiro atoms.